The lowest BCUT2D eigenvalue weighted by Crippen LogP contribution is -2.12. The highest BCUT2D eigenvalue weighted by atomic mass is 79.9. The second-order valence-corrected chi connectivity index (χ2v) is 6.29. The van der Waals surface area contributed by atoms with E-state index in [1.165, 1.54) is 19.6 Å². The summed E-state index contributed by atoms with van der Waals surface area (Å²) in [5.74, 6) is 2.00. The highest BCUT2D eigenvalue weighted by molar-refractivity contribution is 9.10. The van der Waals surface area contributed by atoms with Crippen LogP contribution in [0.5, 0.6) is 5.75 Å². The lowest BCUT2D eigenvalue weighted by atomic mass is 9.91. The minimum atomic E-state index is -0.551. The van der Waals surface area contributed by atoms with Crippen molar-refractivity contribution in [1.82, 2.24) is 0 Å². The fourth-order valence-electron chi connectivity index (χ4n) is 3.23. The molecule has 2 nitrogen and oxygen atoms in total. The van der Waals surface area contributed by atoms with Gasteiger partial charge in [-0.05, 0) is 59.0 Å². The topological polar surface area (TPSA) is 29.5 Å². The van der Waals surface area contributed by atoms with Gasteiger partial charge in [-0.2, -0.15) is 0 Å². The number of benzene rings is 1. The first-order valence-electron chi connectivity index (χ1n) is 6.31. The van der Waals surface area contributed by atoms with Gasteiger partial charge < -0.3 is 9.84 Å². The summed E-state index contributed by atoms with van der Waals surface area (Å²) in [6.45, 7) is 0. The van der Waals surface area contributed by atoms with Crippen LogP contribution in [0.15, 0.2) is 16.6 Å². The molecule has 2 fully saturated rings. The van der Waals surface area contributed by atoms with Crippen LogP contribution >= 0.6 is 15.9 Å². The predicted octanol–water partition coefficient (Wildman–Crippen LogP) is 3.68. The third-order valence-electron chi connectivity index (χ3n) is 4.32. The van der Waals surface area contributed by atoms with Crippen LogP contribution in [0.3, 0.4) is 0 Å². The smallest absolute Gasteiger partial charge is 0.141 e. The summed E-state index contributed by atoms with van der Waals surface area (Å²) < 4.78 is 19.0. The first kappa shape index (κ1) is 12.4. The summed E-state index contributed by atoms with van der Waals surface area (Å²) in [7, 11) is 1.50. The summed E-state index contributed by atoms with van der Waals surface area (Å²) in [4.78, 5) is 0. The number of hydrogen-bond acceptors (Lipinski definition) is 2. The quantitative estimate of drug-likeness (QED) is 0.922. The van der Waals surface area contributed by atoms with E-state index in [0.717, 1.165) is 24.7 Å². The summed E-state index contributed by atoms with van der Waals surface area (Å²) in [5, 5.41) is 10.5. The zero-order valence-corrected chi connectivity index (χ0v) is 11.8. The molecule has 2 saturated carbocycles. The van der Waals surface area contributed by atoms with E-state index < -0.39 is 6.10 Å². The second kappa shape index (κ2) is 4.49. The maximum atomic E-state index is 13.4. The Kier molecular flexibility index (Phi) is 3.10. The largest absolute Gasteiger partial charge is 0.496 e. The minimum absolute atomic E-state index is 0.292. The fraction of sp³-hybridized carbons (Fsp3) is 0.571. The number of aliphatic hydroxyl groups is 1. The van der Waals surface area contributed by atoms with Gasteiger partial charge in [0.05, 0.1) is 17.7 Å². The number of methoxy groups -OCH3 is 1. The summed E-state index contributed by atoms with van der Waals surface area (Å²) in [5.41, 5.74) is 0.692. The summed E-state index contributed by atoms with van der Waals surface area (Å²) in [6.07, 6.45) is 2.95. The van der Waals surface area contributed by atoms with Gasteiger partial charge >= 0.3 is 0 Å². The van der Waals surface area contributed by atoms with Crippen molar-refractivity contribution in [1.29, 1.82) is 0 Å². The molecule has 3 rings (SSSR count). The van der Waals surface area contributed by atoms with Crippen LogP contribution in [0.1, 0.15) is 30.9 Å². The van der Waals surface area contributed by atoms with E-state index in [4.69, 9.17) is 4.74 Å². The molecular formula is C14H16BrFO2. The van der Waals surface area contributed by atoms with Gasteiger partial charge in [0.25, 0.3) is 0 Å². The number of halogens is 2. The molecule has 98 valence electrons. The fourth-order valence-corrected chi connectivity index (χ4v) is 3.59. The molecule has 0 bridgehead atoms. The van der Waals surface area contributed by atoms with Gasteiger partial charge in [0.15, 0.2) is 0 Å². The van der Waals surface area contributed by atoms with Gasteiger partial charge in [0.1, 0.15) is 11.6 Å². The van der Waals surface area contributed by atoms with Crippen LogP contribution in [0, 0.1) is 23.6 Å². The van der Waals surface area contributed by atoms with Crippen molar-refractivity contribution in [3.8, 4) is 5.75 Å². The summed E-state index contributed by atoms with van der Waals surface area (Å²) in [6, 6.07) is 2.97. The highest BCUT2D eigenvalue weighted by Gasteiger charge is 2.48. The number of aliphatic hydroxyl groups excluding tert-OH is 1. The monoisotopic (exact) mass is 314 g/mol. The predicted molar refractivity (Wildman–Crippen MR) is 69.9 cm³/mol. The van der Waals surface area contributed by atoms with Crippen LogP contribution in [0.25, 0.3) is 0 Å². The number of ether oxygens (including phenoxy) is 1. The van der Waals surface area contributed by atoms with Crippen LogP contribution in [-0.2, 0) is 0 Å². The third kappa shape index (κ3) is 2.05. The molecule has 2 aliphatic rings. The van der Waals surface area contributed by atoms with Crippen molar-refractivity contribution in [2.45, 2.75) is 25.4 Å². The van der Waals surface area contributed by atoms with Crippen molar-refractivity contribution < 1.29 is 14.2 Å². The van der Waals surface area contributed by atoms with E-state index in [1.54, 1.807) is 6.07 Å². The van der Waals surface area contributed by atoms with Crippen molar-refractivity contribution in [3.05, 3.63) is 28.0 Å². The molecule has 0 aliphatic heterocycles. The number of hydrogen-bond donors (Lipinski definition) is 1. The van der Waals surface area contributed by atoms with Crippen molar-refractivity contribution in [2.75, 3.05) is 7.11 Å². The molecule has 0 saturated heterocycles. The lowest BCUT2D eigenvalue weighted by Gasteiger charge is -2.22. The van der Waals surface area contributed by atoms with Gasteiger partial charge in [-0.3, -0.25) is 0 Å². The molecule has 2 aliphatic carbocycles. The van der Waals surface area contributed by atoms with Gasteiger partial charge in [0.2, 0.25) is 0 Å². The van der Waals surface area contributed by atoms with Crippen LogP contribution in [0.2, 0.25) is 0 Å². The Morgan fingerprint density at radius 2 is 2.00 bits per heavy atom. The molecule has 1 aromatic carbocycles. The van der Waals surface area contributed by atoms with Crippen molar-refractivity contribution in [2.24, 2.45) is 17.8 Å². The molecular weight excluding hydrogens is 299 g/mol. The van der Waals surface area contributed by atoms with Crippen LogP contribution < -0.4 is 4.74 Å². The molecule has 1 aromatic rings. The van der Waals surface area contributed by atoms with Crippen molar-refractivity contribution in [3.63, 3.8) is 0 Å². The molecule has 0 heterocycles. The summed E-state index contributed by atoms with van der Waals surface area (Å²) >= 11 is 3.17. The van der Waals surface area contributed by atoms with Crippen LogP contribution in [-0.4, -0.2) is 12.2 Å². The lowest BCUT2D eigenvalue weighted by molar-refractivity contribution is 0.101. The third-order valence-corrected chi connectivity index (χ3v) is 4.93. The zero-order valence-electron chi connectivity index (χ0n) is 10.2. The Hall–Kier alpha value is -0.610. The van der Waals surface area contributed by atoms with E-state index >= 15 is 0 Å². The minimum Gasteiger partial charge on any atom is -0.496 e. The molecule has 4 heteroatoms. The normalized spacial score (nSPS) is 31.0. The molecule has 0 spiro atoms. The maximum absolute atomic E-state index is 13.4. The zero-order chi connectivity index (χ0) is 12.9. The highest BCUT2D eigenvalue weighted by Crippen LogP contribution is 2.57. The second-order valence-electron chi connectivity index (χ2n) is 5.44. The number of rotatable bonds is 3. The molecule has 3 unspecified atom stereocenters. The molecule has 1 N–H and O–H groups in total. The molecule has 3 atom stereocenters. The van der Waals surface area contributed by atoms with E-state index in [1.807, 2.05) is 0 Å². The average Bonchev–Trinajstić information content (AvgIpc) is 2.98. The molecule has 0 amide bonds. The van der Waals surface area contributed by atoms with Gasteiger partial charge in [-0.15, -0.1) is 0 Å². The van der Waals surface area contributed by atoms with E-state index in [2.05, 4.69) is 15.9 Å². The Labute approximate surface area is 114 Å². The van der Waals surface area contributed by atoms with Crippen molar-refractivity contribution >= 4 is 15.9 Å². The molecule has 0 aromatic heterocycles. The first-order chi connectivity index (χ1) is 8.60. The van der Waals surface area contributed by atoms with Crippen LogP contribution in [0.4, 0.5) is 4.39 Å². The Balaban J connectivity index is 1.87. The van der Waals surface area contributed by atoms with Gasteiger partial charge in [0, 0.05) is 11.6 Å². The maximum Gasteiger partial charge on any atom is 0.141 e. The SMILES string of the molecule is COc1cc(F)c(Br)cc1C(O)C1CC2CC2C1. The average molecular weight is 315 g/mol. The van der Waals surface area contributed by atoms with Gasteiger partial charge in [-0.1, -0.05) is 0 Å². The molecule has 18 heavy (non-hydrogen) atoms. The Morgan fingerprint density at radius 1 is 1.33 bits per heavy atom. The van der Waals surface area contributed by atoms with E-state index in [9.17, 15) is 9.50 Å². The Morgan fingerprint density at radius 3 is 2.61 bits per heavy atom. The molecule has 0 radical (unpaired) electrons. The first-order valence-corrected chi connectivity index (χ1v) is 7.10. The van der Waals surface area contributed by atoms with E-state index in [0.29, 0.717) is 21.7 Å². The van der Waals surface area contributed by atoms with E-state index in [-0.39, 0.29) is 5.82 Å². The number of fused-ring (bicyclic) bond motifs is 1. The van der Waals surface area contributed by atoms with Gasteiger partial charge in [-0.25, -0.2) is 4.39 Å². The standard InChI is InChI=1S/C14H16BrFO2/c1-18-13-6-12(16)11(15)5-10(13)14(17)9-3-7-2-8(7)4-9/h5-9,14,17H,2-4H2,1H3. The Bertz CT molecular complexity index is 467.